The van der Waals surface area contributed by atoms with Crippen LogP contribution in [0.3, 0.4) is 0 Å². The van der Waals surface area contributed by atoms with Gasteiger partial charge in [0.1, 0.15) is 17.5 Å². The molecule has 0 spiro atoms. The molecule has 0 atom stereocenters. The fraction of sp³-hybridized carbons (Fsp3) is 0.435. The second kappa shape index (κ2) is 9.14. The van der Waals surface area contributed by atoms with Gasteiger partial charge in [-0.3, -0.25) is 0 Å². The Balaban J connectivity index is 1.57. The molecule has 0 saturated carbocycles. The fourth-order valence-electron chi connectivity index (χ4n) is 4.16. The van der Waals surface area contributed by atoms with Crippen LogP contribution in [0.15, 0.2) is 36.3 Å². The highest BCUT2D eigenvalue weighted by Crippen LogP contribution is 2.38. The summed E-state index contributed by atoms with van der Waals surface area (Å²) < 4.78 is 0. The topological polar surface area (TPSA) is 80.1 Å². The lowest BCUT2D eigenvalue weighted by atomic mass is 10.1. The summed E-state index contributed by atoms with van der Waals surface area (Å²) in [6.45, 7) is 8.92. The lowest BCUT2D eigenvalue weighted by molar-refractivity contribution is 0.237. The van der Waals surface area contributed by atoms with Gasteiger partial charge < -0.3 is 20.4 Å². The van der Waals surface area contributed by atoms with Gasteiger partial charge in [0.2, 0.25) is 5.95 Å². The molecule has 2 aromatic rings. The fourth-order valence-corrected chi connectivity index (χ4v) is 4.16. The van der Waals surface area contributed by atoms with E-state index in [1.807, 2.05) is 25.1 Å². The highest BCUT2D eigenvalue weighted by Gasteiger charge is 2.27. The maximum atomic E-state index is 10.0. The Morgan fingerprint density at radius 3 is 2.80 bits per heavy atom. The normalized spacial score (nSPS) is 17.8. The van der Waals surface area contributed by atoms with Crippen molar-refractivity contribution in [2.24, 2.45) is 0 Å². The summed E-state index contributed by atoms with van der Waals surface area (Å²) in [6.07, 6.45) is 5.70. The van der Waals surface area contributed by atoms with Crippen molar-refractivity contribution in [2.45, 2.75) is 33.1 Å². The maximum absolute atomic E-state index is 10.0. The van der Waals surface area contributed by atoms with Crippen LogP contribution in [0.25, 0.3) is 5.57 Å². The van der Waals surface area contributed by atoms with E-state index in [9.17, 15) is 5.26 Å². The molecular formula is C23H29N7. The minimum atomic E-state index is 0.534. The molecule has 156 valence electrons. The molecule has 1 aromatic carbocycles. The van der Waals surface area contributed by atoms with E-state index in [1.54, 1.807) is 6.20 Å². The van der Waals surface area contributed by atoms with Crippen molar-refractivity contribution in [1.29, 1.82) is 5.26 Å². The molecule has 0 unspecified atom stereocenters. The average Bonchev–Trinajstić information content (AvgIpc) is 3.15. The lowest BCUT2D eigenvalue weighted by Crippen LogP contribution is -2.33. The summed E-state index contributed by atoms with van der Waals surface area (Å²) in [6, 6.07) is 10.5. The van der Waals surface area contributed by atoms with Gasteiger partial charge in [-0.15, -0.1) is 0 Å². The number of allylic oxidation sites excluding steroid dienone is 1. The van der Waals surface area contributed by atoms with E-state index in [1.165, 1.54) is 32.4 Å². The zero-order valence-electron chi connectivity index (χ0n) is 17.8. The Bertz CT molecular complexity index is 970. The van der Waals surface area contributed by atoms with Crippen LogP contribution < -0.4 is 15.5 Å². The van der Waals surface area contributed by atoms with Crippen molar-refractivity contribution in [3.8, 4) is 6.07 Å². The van der Waals surface area contributed by atoms with E-state index in [0.29, 0.717) is 17.2 Å². The number of aromatic nitrogens is 2. The molecule has 7 nitrogen and oxygen atoms in total. The van der Waals surface area contributed by atoms with Gasteiger partial charge in [-0.1, -0.05) is 18.6 Å². The number of hydrogen-bond donors (Lipinski definition) is 2. The van der Waals surface area contributed by atoms with Crippen LogP contribution in [-0.4, -0.2) is 47.6 Å². The monoisotopic (exact) mass is 403 g/mol. The smallest absolute Gasteiger partial charge is 0.223 e. The van der Waals surface area contributed by atoms with Crippen molar-refractivity contribution in [2.75, 3.05) is 48.3 Å². The zero-order chi connectivity index (χ0) is 20.9. The molecular weight excluding hydrogens is 374 g/mol. The minimum absolute atomic E-state index is 0.534. The number of para-hydroxylation sites is 2. The molecule has 2 aliphatic rings. The standard InChI is InChI=1S/C23H29N7/c1-3-30-20-10-6-5-9-19(20)27-22(30)18(15-24)21-17(2)16-26-23(28-21)25-11-14-29-12-7-4-8-13-29/h5-6,9-10,16,27H,3-4,7-8,11-14H2,1-2H3,(H,25,26,28). The Morgan fingerprint density at radius 1 is 1.23 bits per heavy atom. The predicted octanol–water partition coefficient (Wildman–Crippen LogP) is 3.83. The molecule has 2 aliphatic heterocycles. The van der Waals surface area contributed by atoms with Crippen LogP contribution in [-0.2, 0) is 0 Å². The summed E-state index contributed by atoms with van der Waals surface area (Å²) in [5.74, 6) is 1.35. The number of fused-ring (bicyclic) bond motifs is 1. The van der Waals surface area contributed by atoms with Gasteiger partial charge in [-0.05, 0) is 57.5 Å². The summed E-state index contributed by atoms with van der Waals surface area (Å²) in [4.78, 5) is 13.8. The Hall–Kier alpha value is -3.11. The predicted molar refractivity (Wildman–Crippen MR) is 121 cm³/mol. The van der Waals surface area contributed by atoms with Gasteiger partial charge >= 0.3 is 0 Å². The third-order valence-electron chi connectivity index (χ3n) is 5.75. The molecule has 0 radical (unpaired) electrons. The molecule has 30 heavy (non-hydrogen) atoms. The number of hydrogen-bond acceptors (Lipinski definition) is 7. The van der Waals surface area contributed by atoms with E-state index in [-0.39, 0.29) is 0 Å². The number of nitrogens with one attached hydrogen (secondary N) is 2. The molecule has 4 rings (SSSR count). The summed E-state index contributed by atoms with van der Waals surface area (Å²) in [7, 11) is 0. The SMILES string of the molecule is CCN1C(=C(C#N)c2nc(NCCN3CCCCC3)ncc2C)Nc2ccccc21. The third-order valence-corrected chi connectivity index (χ3v) is 5.75. The van der Waals surface area contributed by atoms with E-state index in [0.717, 1.165) is 42.4 Å². The Morgan fingerprint density at radius 2 is 2.03 bits per heavy atom. The number of likely N-dealkylation sites (tertiary alicyclic amines) is 1. The van der Waals surface area contributed by atoms with Gasteiger partial charge in [0.25, 0.3) is 0 Å². The van der Waals surface area contributed by atoms with Crippen molar-refractivity contribution in [3.05, 3.63) is 47.5 Å². The summed E-state index contributed by atoms with van der Waals surface area (Å²) in [5.41, 5.74) is 4.17. The number of aryl methyl sites for hydroxylation is 1. The third kappa shape index (κ3) is 4.10. The van der Waals surface area contributed by atoms with Crippen molar-refractivity contribution >= 4 is 22.9 Å². The van der Waals surface area contributed by atoms with E-state index >= 15 is 0 Å². The molecule has 0 bridgehead atoms. The van der Waals surface area contributed by atoms with E-state index in [4.69, 9.17) is 4.98 Å². The molecule has 0 amide bonds. The highest BCUT2D eigenvalue weighted by atomic mass is 15.3. The van der Waals surface area contributed by atoms with Crippen LogP contribution in [0.5, 0.6) is 0 Å². The number of benzene rings is 1. The summed E-state index contributed by atoms with van der Waals surface area (Å²) in [5, 5.41) is 16.8. The largest absolute Gasteiger partial charge is 0.353 e. The average molecular weight is 404 g/mol. The number of piperidine rings is 1. The summed E-state index contributed by atoms with van der Waals surface area (Å²) >= 11 is 0. The number of anilines is 3. The minimum Gasteiger partial charge on any atom is -0.353 e. The second-order valence-electron chi connectivity index (χ2n) is 7.78. The van der Waals surface area contributed by atoms with Crippen LogP contribution in [0.2, 0.25) is 0 Å². The second-order valence-corrected chi connectivity index (χ2v) is 7.78. The first kappa shape index (κ1) is 20.2. The van der Waals surface area contributed by atoms with Gasteiger partial charge in [0, 0.05) is 25.8 Å². The van der Waals surface area contributed by atoms with Crippen LogP contribution >= 0.6 is 0 Å². The first-order valence-electron chi connectivity index (χ1n) is 10.8. The lowest BCUT2D eigenvalue weighted by Gasteiger charge is -2.26. The number of nitrogens with zero attached hydrogens (tertiary/aromatic N) is 5. The zero-order valence-corrected chi connectivity index (χ0v) is 17.8. The molecule has 1 fully saturated rings. The van der Waals surface area contributed by atoms with Crippen LogP contribution in [0.1, 0.15) is 37.4 Å². The molecule has 3 heterocycles. The molecule has 7 heteroatoms. The quantitative estimate of drug-likeness (QED) is 0.710. The van der Waals surface area contributed by atoms with Gasteiger partial charge in [0.15, 0.2) is 0 Å². The molecule has 0 aliphatic carbocycles. The Kier molecular flexibility index (Phi) is 6.15. The molecule has 2 N–H and O–H groups in total. The van der Waals surface area contributed by atoms with Crippen LogP contribution in [0.4, 0.5) is 17.3 Å². The van der Waals surface area contributed by atoms with E-state index in [2.05, 4.69) is 44.5 Å². The van der Waals surface area contributed by atoms with Crippen LogP contribution in [0, 0.1) is 18.3 Å². The first-order valence-corrected chi connectivity index (χ1v) is 10.8. The van der Waals surface area contributed by atoms with Crippen molar-refractivity contribution < 1.29 is 0 Å². The van der Waals surface area contributed by atoms with Gasteiger partial charge in [-0.25, -0.2) is 9.97 Å². The molecule has 1 saturated heterocycles. The van der Waals surface area contributed by atoms with Crippen molar-refractivity contribution in [3.63, 3.8) is 0 Å². The number of rotatable bonds is 6. The van der Waals surface area contributed by atoms with Crippen molar-refractivity contribution in [1.82, 2.24) is 14.9 Å². The van der Waals surface area contributed by atoms with Gasteiger partial charge in [-0.2, -0.15) is 5.26 Å². The maximum Gasteiger partial charge on any atom is 0.223 e. The van der Waals surface area contributed by atoms with E-state index < -0.39 is 0 Å². The van der Waals surface area contributed by atoms with Gasteiger partial charge in [0.05, 0.1) is 17.1 Å². The Labute approximate surface area is 178 Å². The first-order chi connectivity index (χ1) is 14.7. The molecule has 1 aromatic heterocycles. The number of nitriles is 1. The highest BCUT2D eigenvalue weighted by molar-refractivity contribution is 5.91.